The number of hydrogen-bond acceptors (Lipinski definition) is 5. The van der Waals surface area contributed by atoms with Crippen LogP contribution in [0.25, 0.3) is 0 Å². The van der Waals surface area contributed by atoms with E-state index in [4.69, 9.17) is 0 Å². The van der Waals surface area contributed by atoms with E-state index in [-0.39, 0.29) is 37.0 Å². The first kappa shape index (κ1) is 17.2. The number of hydrazone groups is 1. The minimum absolute atomic E-state index is 0.125. The Morgan fingerprint density at radius 2 is 2.04 bits per heavy atom. The molecule has 0 fully saturated rings. The minimum atomic E-state index is -0.374. The second kappa shape index (κ2) is 7.10. The molecule has 3 rings (SSSR count). The maximum Gasteiger partial charge on any atom is 0.274 e. The third-order valence-electron chi connectivity index (χ3n) is 3.82. The lowest BCUT2D eigenvalue weighted by atomic mass is 10.1. The molecule has 1 aromatic heterocycles. The predicted molar refractivity (Wildman–Crippen MR) is 93.9 cm³/mol. The van der Waals surface area contributed by atoms with Crippen molar-refractivity contribution in [1.82, 2.24) is 9.99 Å². The number of thiazole rings is 1. The van der Waals surface area contributed by atoms with Gasteiger partial charge < -0.3 is 4.90 Å². The van der Waals surface area contributed by atoms with Crippen molar-refractivity contribution < 1.29 is 14.0 Å². The van der Waals surface area contributed by atoms with Gasteiger partial charge >= 0.3 is 0 Å². The Hall–Kier alpha value is -2.61. The van der Waals surface area contributed by atoms with E-state index in [1.165, 1.54) is 40.4 Å². The molecule has 0 spiro atoms. The number of carbonyl (C=O) groups excluding carboxylic acids is 2. The third-order valence-corrected chi connectivity index (χ3v) is 4.65. The molecule has 2 heterocycles. The number of halogens is 1. The number of benzene rings is 1. The summed E-state index contributed by atoms with van der Waals surface area (Å²) in [5, 5.41) is 8.07. The summed E-state index contributed by atoms with van der Waals surface area (Å²) < 4.78 is 13.2. The van der Waals surface area contributed by atoms with Crippen LogP contribution in [-0.4, -0.2) is 34.6 Å². The number of aryl methyl sites for hydroxylation is 1. The number of carbonyl (C=O) groups is 2. The Morgan fingerprint density at radius 3 is 2.64 bits per heavy atom. The highest BCUT2D eigenvalue weighted by molar-refractivity contribution is 7.09. The van der Waals surface area contributed by atoms with Gasteiger partial charge in [0.2, 0.25) is 5.91 Å². The molecular formula is C17H17FN4O2S. The maximum atomic E-state index is 13.2. The maximum absolute atomic E-state index is 13.2. The van der Waals surface area contributed by atoms with Crippen LogP contribution in [-0.2, 0) is 16.1 Å². The Balaban J connectivity index is 1.92. The molecule has 2 aromatic rings. The molecule has 1 aliphatic heterocycles. The van der Waals surface area contributed by atoms with Crippen LogP contribution in [0.2, 0.25) is 0 Å². The number of rotatable bonds is 4. The van der Waals surface area contributed by atoms with Crippen LogP contribution in [0.3, 0.4) is 0 Å². The zero-order chi connectivity index (χ0) is 18.0. The number of amides is 2. The molecular weight excluding hydrogens is 343 g/mol. The van der Waals surface area contributed by atoms with Crippen LogP contribution in [0.1, 0.15) is 23.5 Å². The molecule has 0 aliphatic carbocycles. The molecule has 0 radical (unpaired) electrons. The lowest BCUT2D eigenvalue weighted by molar-refractivity contribution is -0.130. The van der Waals surface area contributed by atoms with Crippen LogP contribution < -0.4 is 4.90 Å². The first-order valence-corrected chi connectivity index (χ1v) is 8.64. The lowest BCUT2D eigenvalue weighted by Crippen LogP contribution is -2.40. The highest BCUT2D eigenvalue weighted by Crippen LogP contribution is 2.21. The van der Waals surface area contributed by atoms with E-state index in [0.717, 1.165) is 10.7 Å². The molecule has 0 saturated heterocycles. The summed E-state index contributed by atoms with van der Waals surface area (Å²) in [6, 6.07) is 5.70. The van der Waals surface area contributed by atoms with Gasteiger partial charge in [0.1, 0.15) is 11.5 Å². The number of nitrogens with zero attached hydrogens (tertiary/aromatic N) is 4. The van der Waals surface area contributed by atoms with Gasteiger partial charge in [-0.25, -0.2) is 14.4 Å². The lowest BCUT2D eigenvalue weighted by Gasteiger charge is -2.25. The van der Waals surface area contributed by atoms with Gasteiger partial charge in [-0.3, -0.25) is 9.59 Å². The number of aromatic nitrogens is 1. The molecule has 25 heavy (non-hydrogen) atoms. The van der Waals surface area contributed by atoms with E-state index < -0.39 is 0 Å². The molecule has 1 aliphatic rings. The fourth-order valence-corrected chi connectivity index (χ4v) is 3.13. The average Bonchev–Trinajstić information content (AvgIpc) is 3.01. The van der Waals surface area contributed by atoms with E-state index in [9.17, 15) is 14.0 Å². The van der Waals surface area contributed by atoms with Crippen LogP contribution in [0.15, 0.2) is 34.7 Å². The molecule has 0 unspecified atom stereocenters. The number of anilines is 1. The normalized spacial score (nSPS) is 14.4. The molecule has 130 valence electrons. The van der Waals surface area contributed by atoms with Crippen molar-refractivity contribution in [2.45, 2.75) is 26.3 Å². The average molecular weight is 360 g/mol. The van der Waals surface area contributed by atoms with Gasteiger partial charge in [0.25, 0.3) is 5.91 Å². The van der Waals surface area contributed by atoms with Gasteiger partial charge in [0, 0.05) is 31.0 Å². The monoisotopic (exact) mass is 360 g/mol. The van der Waals surface area contributed by atoms with Gasteiger partial charge in [-0.05, 0) is 31.2 Å². The zero-order valence-corrected chi connectivity index (χ0v) is 14.7. The van der Waals surface area contributed by atoms with Gasteiger partial charge in [-0.15, -0.1) is 11.3 Å². The Kier molecular flexibility index (Phi) is 4.89. The smallest absolute Gasteiger partial charge is 0.274 e. The van der Waals surface area contributed by atoms with Crippen molar-refractivity contribution in [3.63, 3.8) is 0 Å². The summed E-state index contributed by atoms with van der Waals surface area (Å²) in [5.41, 5.74) is 1.61. The van der Waals surface area contributed by atoms with Crippen molar-refractivity contribution in [2.24, 2.45) is 5.10 Å². The van der Waals surface area contributed by atoms with E-state index in [0.29, 0.717) is 11.4 Å². The summed E-state index contributed by atoms with van der Waals surface area (Å²) in [6.45, 7) is 2.15. The molecule has 0 atom stereocenters. The molecule has 8 heteroatoms. The van der Waals surface area contributed by atoms with Gasteiger partial charge in [0.15, 0.2) is 0 Å². The SMILES string of the molecule is Cc1nc(CN(C(=O)C2=NN(C)C(=O)CC2)c2ccc(F)cc2)cs1. The van der Waals surface area contributed by atoms with Crippen molar-refractivity contribution in [3.05, 3.63) is 46.2 Å². The standard InChI is InChI=1S/C17H17FN4O2S/c1-11-19-13(10-25-11)9-22(14-5-3-12(18)4-6-14)17(24)15-7-8-16(23)21(2)20-15/h3-6,10H,7-9H2,1-2H3. The highest BCUT2D eigenvalue weighted by Gasteiger charge is 2.27. The largest absolute Gasteiger partial charge is 0.301 e. The van der Waals surface area contributed by atoms with E-state index in [1.807, 2.05) is 12.3 Å². The van der Waals surface area contributed by atoms with E-state index >= 15 is 0 Å². The fraction of sp³-hybridized carbons (Fsp3) is 0.294. The van der Waals surface area contributed by atoms with Gasteiger partial charge in [0.05, 0.1) is 17.2 Å². The van der Waals surface area contributed by atoms with Crippen LogP contribution >= 0.6 is 11.3 Å². The van der Waals surface area contributed by atoms with Crippen molar-refractivity contribution in [3.8, 4) is 0 Å². The van der Waals surface area contributed by atoms with Crippen molar-refractivity contribution in [2.75, 3.05) is 11.9 Å². The van der Waals surface area contributed by atoms with E-state index in [2.05, 4.69) is 10.1 Å². The minimum Gasteiger partial charge on any atom is -0.301 e. The van der Waals surface area contributed by atoms with E-state index in [1.54, 1.807) is 12.1 Å². The molecule has 6 nitrogen and oxygen atoms in total. The summed E-state index contributed by atoms with van der Waals surface area (Å²) in [5.74, 6) is -0.808. The predicted octanol–water partition coefficient (Wildman–Crippen LogP) is 2.73. The Labute approximate surface area is 148 Å². The molecule has 0 saturated carbocycles. The summed E-state index contributed by atoms with van der Waals surface area (Å²) in [7, 11) is 1.53. The van der Waals surface area contributed by atoms with Crippen LogP contribution in [0.5, 0.6) is 0 Å². The zero-order valence-electron chi connectivity index (χ0n) is 13.9. The van der Waals surface area contributed by atoms with Crippen LogP contribution in [0, 0.1) is 12.7 Å². The molecule has 0 N–H and O–H groups in total. The highest BCUT2D eigenvalue weighted by atomic mass is 32.1. The fourth-order valence-electron chi connectivity index (χ4n) is 2.52. The summed E-state index contributed by atoms with van der Waals surface area (Å²) in [4.78, 5) is 30.5. The second-order valence-electron chi connectivity index (χ2n) is 5.69. The number of hydrogen-bond donors (Lipinski definition) is 0. The third kappa shape index (κ3) is 3.90. The molecule has 1 aromatic carbocycles. The first-order chi connectivity index (χ1) is 11.9. The first-order valence-electron chi connectivity index (χ1n) is 7.76. The quantitative estimate of drug-likeness (QED) is 0.842. The topological polar surface area (TPSA) is 65.9 Å². The van der Waals surface area contributed by atoms with Gasteiger partial charge in [-0.1, -0.05) is 0 Å². The second-order valence-corrected chi connectivity index (χ2v) is 6.75. The van der Waals surface area contributed by atoms with Crippen molar-refractivity contribution in [1.29, 1.82) is 0 Å². The van der Waals surface area contributed by atoms with Crippen molar-refractivity contribution >= 4 is 34.6 Å². The summed E-state index contributed by atoms with van der Waals surface area (Å²) >= 11 is 1.50. The van der Waals surface area contributed by atoms with Crippen LogP contribution in [0.4, 0.5) is 10.1 Å². The Bertz CT molecular complexity index is 831. The molecule has 0 bridgehead atoms. The Morgan fingerprint density at radius 1 is 1.32 bits per heavy atom. The molecule has 2 amide bonds. The van der Waals surface area contributed by atoms with Gasteiger partial charge in [-0.2, -0.15) is 5.10 Å². The summed E-state index contributed by atoms with van der Waals surface area (Å²) in [6.07, 6.45) is 0.532.